The van der Waals surface area contributed by atoms with Crippen molar-refractivity contribution in [3.8, 4) is 0 Å². The lowest BCUT2D eigenvalue weighted by molar-refractivity contribution is 0.728. The van der Waals surface area contributed by atoms with Crippen LogP contribution >= 0.6 is 22.7 Å². The highest BCUT2D eigenvalue weighted by Gasteiger charge is 2.21. The van der Waals surface area contributed by atoms with Gasteiger partial charge in [0, 0.05) is 22.5 Å². The van der Waals surface area contributed by atoms with Crippen LogP contribution in [0.3, 0.4) is 0 Å². The summed E-state index contributed by atoms with van der Waals surface area (Å²) in [6.07, 6.45) is 6.38. The van der Waals surface area contributed by atoms with E-state index in [9.17, 15) is 9.59 Å². The molecule has 0 bridgehead atoms. The Labute approximate surface area is 143 Å². The van der Waals surface area contributed by atoms with Crippen molar-refractivity contribution < 1.29 is 0 Å². The van der Waals surface area contributed by atoms with E-state index in [0.29, 0.717) is 10.7 Å². The van der Waals surface area contributed by atoms with Crippen molar-refractivity contribution >= 4 is 37.9 Å². The zero-order valence-electron chi connectivity index (χ0n) is 12.6. The lowest BCUT2D eigenvalue weighted by Crippen LogP contribution is -2.23. The Hall–Kier alpha value is -2.32. The van der Waals surface area contributed by atoms with Crippen molar-refractivity contribution in [1.29, 1.82) is 0 Å². The van der Waals surface area contributed by atoms with Gasteiger partial charge in [-0.2, -0.15) is 0 Å². The molecule has 4 aromatic heterocycles. The topological polar surface area (TPSA) is 69.3 Å². The molecule has 0 atom stereocenters. The van der Waals surface area contributed by atoms with E-state index in [1.54, 1.807) is 28.4 Å². The quantitative estimate of drug-likeness (QED) is 0.551. The number of aryl methyl sites for hydroxylation is 2. The van der Waals surface area contributed by atoms with Crippen LogP contribution in [0.2, 0.25) is 0 Å². The molecule has 4 heterocycles. The molecule has 0 aromatic carbocycles. The van der Waals surface area contributed by atoms with E-state index in [-0.39, 0.29) is 17.7 Å². The molecule has 0 saturated carbocycles. The molecule has 120 valence electrons. The molecule has 0 radical (unpaired) electrons. The lowest BCUT2D eigenvalue weighted by atomic mass is 10.2. The molecule has 0 spiro atoms. The van der Waals surface area contributed by atoms with Gasteiger partial charge < -0.3 is 0 Å². The molecular weight excluding hydrogens is 344 g/mol. The summed E-state index contributed by atoms with van der Waals surface area (Å²) < 4.78 is 3.06. The first-order chi connectivity index (χ1) is 11.7. The first-order valence-electron chi connectivity index (χ1n) is 7.66. The van der Waals surface area contributed by atoms with Crippen molar-refractivity contribution in [2.75, 3.05) is 0 Å². The Kier molecular flexibility index (Phi) is 2.98. The highest BCUT2D eigenvalue weighted by Crippen LogP contribution is 2.34. The minimum absolute atomic E-state index is 0.0346. The van der Waals surface area contributed by atoms with Gasteiger partial charge in [-0.15, -0.1) is 22.7 Å². The molecule has 0 N–H and O–H groups in total. The van der Waals surface area contributed by atoms with Crippen LogP contribution in [0.4, 0.5) is 0 Å². The predicted molar refractivity (Wildman–Crippen MR) is 94.3 cm³/mol. The normalized spacial score (nSPS) is 13.8. The van der Waals surface area contributed by atoms with Gasteiger partial charge in [-0.3, -0.25) is 18.6 Å². The second kappa shape index (κ2) is 5.09. The second-order valence-corrected chi connectivity index (χ2v) is 7.81. The smallest absolute Gasteiger partial charge is 0.262 e. The minimum Gasteiger partial charge on any atom is -0.293 e. The standard InChI is InChI=1S/C16H12N4O2S2/c21-12-6-9(18-16-20(12)4-5-23-16)7-19-8-17-14-13(15(19)22)10-2-1-3-11(10)24-14/h4-6,8H,1-3,7H2. The van der Waals surface area contributed by atoms with Gasteiger partial charge in [-0.25, -0.2) is 9.97 Å². The van der Waals surface area contributed by atoms with E-state index >= 15 is 0 Å². The fourth-order valence-corrected chi connectivity index (χ4v) is 5.23. The summed E-state index contributed by atoms with van der Waals surface area (Å²) in [5, 5.41) is 2.58. The molecular formula is C16H12N4O2S2. The highest BCUT2D eigenvalue weighted by atomic mass is 32.1. The molecule has 1 aliphatic rings. The molecule has 0 saturated heterocycles. The van der Waals surface area contributed by atoms with Crippen molar-refractivity contribution in [2.45, 2.75) is 25.8 Å². The molecule has 6 nitrogen and oxygen atoms in total. The zero-order chi connectivity index (χ0) is 16.3. The third kappa shape index (κ3) is 1.99. The molecule has 0 unspecified atom stereocenters. The summed E-state index contributed by atoms with van der Waals surface area (Å²) in [7, 11) is 0. The zero-order valence-corrected chi connectivity index (χ0v) is 14.2. The van der Waals surface area contributed by atoms with Gasteiger partial charge in [0.25, 0.3) is 11.1 Å². The number of rotatable bonds is 2. The Morgan fingerprint density at radius 1 is 1.25 bits per heavy atom. The summed E-state index contributed by atoms with van der Waals surface area (Å²) in [5.41, 5.74) is 1.59. The number of thiophene rings is 1. The molecule has 0 amide bonds. The number of hydrogen-bond donors (Lipinski definition) is 0. The molecule has 4 aromatic rings. The van der Waals surface area contributed by atoms with Crippen molar-refractivity contribution in [2.24, 2.45) is 0 Å². The number of fused-ring (bicyclic) bond motifs is 4. The van der Waals surface area contributed by atoms with Crippen LogP contribution in [0.5, 0.6) is 0 Å². The molecule has 8 heteroatoms. The maximum absolute atomic E-state index is 12.9. The van der Waals surface area contributed by atoms with Crippen LogP contribution in [0.15, 0.2) is 33.6 Å². The number of nitrogens with zero attached hydrogens (tertiary/aromatic N) is 4. The average molecular weight is 356 g/mol. The van der Waals surface area contributed by atoms with Gasteiger partial charge in [0.15, 0.2) is 4.96 Å². The fraction of sp³-hybridized carbons (Fsp3) is 0.250. The van der Waals surface area contributed by atoms with Gasteiger partial charge in [-0.05, 0) is 24.8 Å². The first kappa shape index (κ1) is 14.1. The molecule has 0 fully saturated rings. The van der Waals surface area contributed by atoms with Crippen LogP contribution in [0.1, 0.15) is 22.6 Å². The summed E-state index contributed by atoms with van der Waals surface area (Å²) in [5.74, 6) is 0. The molecule has 0 aliphatic heterocycles. The van der Waals surface area contributed by atoms with Gasteiger partial charge in [-0.1, -0.05) is 0 Å². The number of hydrogen-bond acceptors (Lipinski definition) is 6. The third-order valence-corrected chi connectivity index (χ3v) is 6.34. The summed E-state index contributed by atoms with van der Waals surface area (Å²) in [6, 6.07) is 1.48. The van der Waals surface area contributed by atoms with E-state index in [0.717, 1.165) is 29.5 Å². The van der Waals surface area contributed by atoms with Crippen molar-refractivity contribution in [1.82, 2.24) is 18.9 Å². The third-order valence-electron chi connectivity index (χ3n) is 4.38. The van der Waals surface area contributed by atoms with Crippen LogP contribution < -0.4 is 11.1 Å². The Morgan fingerprint density at radius 2 is 2.17 bits per heavy atom. The van der Waals surface area contributed by atoms with Gasteiger partial charge in [0.2, 0.25) is 0 Å². The number of aromatic nitrogens is 4. The van der Waals surface area contributed by atoms with Crippen LogP contribution in [-0.2, 0) is 19.4 Å². The van der Waals surface area contributed by atoms with Crippen molar-refractivity contribution in [3.05, 3.63) is 60.8 Å². The lowest BCUT2D eigenvalue weighted by Gasteiger charge is -2.05. The van der Waals surface area contributed by atoms with E-state index in [1.165, 1.54) is 32.2 Å². The summed E-state index contributed by atoms with van der Waals surface area (Å²) in [6.45, 7) is 0.260. The van der Waals surface area contributed by atoms with E-state index in [1.807, 2.05) is 5.38 Å². The van der Waals surface area contributed by atoms with Gasteiger partial charge >= 0.3 is 0 Å². The summed E-state index contributed by atoms with van der Waals surface area (Å²) in [4.78, 5) is 36.6. The van der Waals surface area contributed by atoms with Crippen LogP contribution in [0, 0.1) is 0 Å². The first-order valence-corrected chi connectivity index (χ1v) is 9.36. The van der Waals surface area contributed by atoms with Crippen LogP contribution in [-0.4, -0.2) is 18.9 Å². The monoisotopic (exact) mass is 356 g/mol. The van der Waals surface area contributed by atoms with E-state index in [4.69, 9.17) is 0 Å². The number of thiazole rings is 1. The van der Waals surface area contributed by atoms with Crippen molar-refractivity contribution in [3.63, 3.8) is 0 Å². The SMILES string of the molecule is O=c1c2c3c(sc2ncn1Cc1cc(=O)n2ccsc2n1)CCC3. The summed E-state index contributed by atoms with van der Waals surface area (Å²) >= 11 is 3.03. The maximum atomic E-state index is 12.9. The molecule has 1 aliphatic carbocycles. The highest BCUT2D eigenvalue weighted by molar-refractivity contribution is 7.18. The van der Waals surface area contributed by atoms with Gasteiger partial charge in [0.05, 0.1) is 24.0 Å². The molecule has 5 rings (SSSR count). The second-order valence-electron chi connectivity index (χ2n) is 5.86. The maximum Gasteiger partial charge on any atom is 0.262 e. The van der Waals surface area contributed by atoms with Gasteiger partial charge in [0.1, 0.15) is 4.83 Å². The Bertz CT molecular complexity index is 1210. The largest absolute Gasteiger partial charge is 0.293 e. The minimum atomic E-state index is -0.130. The van der Waals surface area contributed by atoms with E-state index in [2.05, 4.69) is 9.97 Å². The average Bonchev–Trinajstić information content (AvgIpc) is 3.24. The Morgan fingerprint density at radius 3 is 3.08 bits per heavy atom. The molecule has 24 heavy (non-hydrogen) atoms. The fourth-order valence-electron chi connectivity index (χ4n) is 3.28. The van der Waals surface area contributed by atoms with Crippen LogP contribution in [0.25, 0.3) is 15.2 Å². The Balaban J connectivity index is 1.65. The van der Waals surface area contributed by atoms with E-state index < -0.39 is 0 Å². The predicted octanol–water partition coefficient (Wildman–Crippen LogP) is 2.06.